The van der Waals surface area contributed by atoms with Crippen molar-refractivity contribution in [2.75, 3.05) is 0 Å². The molecule has 1 nitrogen and oxygen atoms in total. The molecule has 0 saturated heterocycles. The van der Waals surface area contributed by atoms with Crippen molar-refractivity contribution in [2.45, 2.75) is 96.4 Å². The van der Waals surface area contributed by atoms with E-state index in [-0.39, 0.29) is 5.92 Å². The fraction of sp³-hybridized carbons (Fsp3) is 0.769. The van der Waals surface area contributed by atoms with Gasteiger partial charge >= 0.3 is 6.36 Å². The van der Waals surface area contributed by atoms with Gasteiger partial charge in [0.15, 0.2) is 0 Å². The Morgan fingerprint density at radius 2 is 1.40 bits per heavy atom. The van der Waals surface area contributed by atoms with Crippen LogP contribution >= 0.6 is 0 Å². The van der Waals surface area contributed by atoms with Crippen molar-refractivity contribution in [3.8, 4) is 11.8 Å². The molecule has 3 rings (SSSR count). The highest BCUT2D eigenvalue weighted by Gasteiger charge is 2.36. The molecular weight excluding hydrogens is 385 g/mol. The molecule has 3 saturated carbocycles. The first-order valence-electron chi connectivity index (χ1n) is 11.7. The summed E-state index contributed by atoms with van der Waals surface area (Å²) in [5, 5.41) is 0. The molecule has 4 heteroatoms. The van der Waals surface area contributed by atoms with E-state index in [0.717, 1.165) is 23.3 Å². The second-order valence-electron chi connectivity index (χ2n) is 9.65. The topological polar surface area (TPSA) is 9.23 Å². The predicted octanol–water partition coefficient (Wildman–Crippen LogP) is 7.58. The van der Waals surface area contributed by atoms with Crippen LogP contribution in [0.3, 0.4) is 0 Å². The Balaban J connectivity index is 1.49. The Hall–Kier alpha value is -1.39. The monoisotopic (exact) mass is 420 g/mol. The summed E-state index contributed by atoms with van der Waals surface area (Å²) in [5.74, 6) is 10.0. The summed E-state index contributed by atoms with van der Waals surface area (Å²) < 4.78 is 41.5. The second-order valence-corrected chi connectivity index (χ2v) is 9.65. The van der Waals surface area contributed by atoms with Crippen LogP contribution < -0.4 is 0 Å². The normalized spacial score (nSPS) is 34.8. The SMILES string of the molecule is C=C=C=C(C#CC1CCC(C2CCC(C)CC2)CC1)C1CCC(OC(F)(F)F)CC1. The molecule has 0 aromatic carbocycles. The Kier molecular flexibility index (Phi) is 8.35. The Labute approximate surface area is 179 Å². The van der Waals surface area contributed by atoms with Gasteiger partial charge in [-0.3, -0.25) is 4.74 Å². The van der Waals surface area contributed by atoms with Crippen LogP contribution in [-0.2, 0) is 4.74 Å². The summed E-state index contributed by atoms with van der Waals surface area (Å²) in [5.41, 5.74) is 6.60. The van der Waals surface area contributed by atoms with Crippen molar-refractivity contribution in [2.24, 2.45) is 29.6 Å². The molecule has 0 spiro atoms. The molecule has 30 heavy (non-hydrogen) atoms. The quantitative estimate of drug-likeness (QED) is 0.338. The van der Waals surface area contributed by atoms with E-state index in [0.29, 0.717) is 31.6 Å². The summed E-state index contributed by atoms with van der Waals surface area (Å²) in [4.78, 5) is 0. The van der Waals surface area contributed by atoms with Crippen molar-refractivity contribution < 1.29 is 17.9 Å². The third-order valence-corrected chi connectivity index (χ3v) is 7.52. The third-order valence-electron chi connectivity index (χ3n) is 7.52. The lowest BCUT2D eigenvalue weighted by Crippen LogP contribution is -2.28. The minimum absolute atomic E-state index is 0.139. The molecule has 0 bridgehead atoms. The summed E-state index contributed by atoms with van der Waals surface area (Å²) >= 11 is 0. The number of ether oxygens (including phenoxy) is 1. The smallest absolute Gasteiger partial charge is 0.289 e. The van der Waals surface area contributed by atoms with E-state index in [1.807, 2.05) is 0 Å². The number of allylic oxidation sites excluding steroid dienone is 1. The van der Waals surface area contributed by atoms with Gasteiger partial charge in [0, 0.05) is 11.8 Å². The van der Waals surface area contributed by atoms with E-state index in [1.165, 1.54) is 51.4 Å². The molecule has 0 atom stereocenters. The van der Waals surface area contributed by atoms with Crippen LogP contribution in [0.5, 0.6) is 0 Å². The molecule has 0 amide bonds. The van der Waals surface area contributed by atoms with Gasteiger partial charge in [0.05, 0.1) is 11.7 Å². The van der Waals surface area contributed by atoms with Crippen molar-refractivity contribution in [1.82, 2.24) is 0 Å². The molecule has 0 heterocycles. The van der Waals surface area contributed by atoms with Crippen LogP contribution in [-0.4, -0.2) is 12.5 Å². The van der Waals surface area contributed by atoms with Gasteiger partial charge in [-0.15, -0.1) is 13.2 Å². The van der Waals surface area contributed by atoms with Crippen molar-refractivity contribution in [3.63, 3.8) is 0 Å². The fourth-order valence-electron chi connectivity index (χ4n) is 5.66. The second kappa shape index (κ2) is 10.8. The van der Waals surface area contributed by atoms with Crippen LogP contribution in [0, 0.1) is 41.4 Å². The molecular formula is C26H35F3O. The standard InChI is InChI=1S/C26H35F3O/c1-3-4-21(24-15-17-25(18-16-24)30-26(27,28)29)12-7-20-8-13-23(14-9-20)22-10-5-19(2)6-11-22/h19-20,22-25H,1,5-6,8-11,13-18H2,2H3. The Morgan fingerprint density at radius 1 is 0.833 bits per heavy atom. The lowest BCUT2D eigenvalue weighted by Gasteiger charge is -2.36. The van der Waals surface area contributed by atoms with E-state index in [4.69, 9.17) is 0 Å². The van der Waals surface area contributed by atoms with Crippen LogP contribution in [0.2, 0.25) is 0 Å². The van der Waals surface area contributed by atoms with Crippen LogP contribution in [0.4, 0.5) is 13.2 Å². The van der Waals surface area contributed by atoms with Gasteiger partial charge in [0.25, 0.3) is 0 Å². The van der Waals surface area contributed by atoms with E-state index in [1.54, 1.807) is 0 Å². The van der Waals surface area contributed by atoms with E-state index < -0.39 is 12.5 Å². The number of halogens is 3. The van der Waals surface area contributed by atoms with Gasteiger partial charge in [0.2, 0.25) is 0 Å². The average Bonchev–Trinajstić information content (AvgIpc) is 2.72. The van der Waals surface area contributed by atoms with Gasteiger partial charge in [-0.2, -0.15) is 0 Å². The minimum Gasteiger partial charge on any atom is -0.289 e. The first-order valence-corrected chi connectivity index (χ1v) is 11.7. The molecule has 0 aromatic heterocycles. The van der Waals surface area contributed by atoms with Crippen LogP contribution in [0.1, 0.15) is 84.0 Å². The zero-order valence-corrected chi connectivity index (χ0v) is 18.2. The van der Waals surface area contributed by atoms with Crippen LogP contribution in [0.25, 0.3) is 0 Å². The van der Waals surface area contributed by atoms with E-state index in [2.05, 4.69) is 41.5 Å². The zero-order valence-electron chi connectivity index (χ0n) is 18.2. The maximum Gasteiger partial charge on any atom is 0.522 e. The number of rotatable bonds is 3. The highest BCUT2D eigenvalue weighted by atomic mass is 19.4. The lowest BCUT2D eigenvalue weighted by molar-refractivity contribution is -0.345. The Bertz CT molecular complexity index is 691. The molecule has 0 unspecified atom stereocenters. The van der Waals surface area contributed by atoms with E-state index in [9.17, 15) is 13.2 Å². The molecule has 0 aromatic rings. The maximum atomic E-state index is 12.4. The van der Waals surface area contributed by atoms with Crippen molar-refractivity contribution in [3.05, 3.63) is 23.6 Å². The third kappa shape index (κ3) is 7.09. The molecule has 166 valence electrons. The molecule has 3 aliphatic carbocycles. The average molecular weight is 421 g/mol. The summed E-state index contributed by atoms with van der Waals surface area (Å²) in [6, 6.07) is 0. The van der Waals surface area contributed by atoms with Crippen LogP contribution in [0.15, 0.2) is 23.6 Å². The summed E-state index contributed by atoms with van der Waals surface area (Å²) in [6.07, 6.45) is 7.31. The molecule has 0 radical (unpaired) electrons. The maximum absolute atomic E-state index is 12.4. The predicted molar refractivity (Wildman–Crippen MR) is 113 cm³/mol. The van der Waals surface area contributed by atoms with Gasteiger partial charge in [0.1, 0.15) is 0 Å². The van der Waals surface area contributed by atoms with E-state index >= 15 is 0 Å². The highest BCUT2D eigenvalue weighted by Crippen LogP contribution is 2.41. The minimum atomic E-state index is -4.55. The van der Waals surface area contributed by atoms with Gasteiger partial charge in [-0.05, 0) is 88.5 Å². The molecule has 0 N–H and O–H groups in total. The van der Waals surface area contributed by atoms with Crippen molar-refractivity contribution in [1.29, 1.82) is 0 Å². The first-order chi connectivity index (χ1) is 14.3. The largest absolute Gasteiger partial charge is 0.522 e. The van der Waals surface area contributed by atoms with Gasteiger partial charge < -0.3 is 0 Å². The summed E-state index contributed by atoms with van der Waals surface area (Å²) in [6.45, 7) is 6.00. The molecule has 0 aliphatic heterocycles. The fourth-order valence-corrected chi connectivity index (χ4v) is 5.66. The molecule has 3 aliphatic rings. The summed E-state index contributed by atoms with van der Waals surface area (Å²) in [7, 11) is 0. The Morgan fingerprint density at radius 3 is 1.93 bits per heavy atom. The van der Waals surface area contributed by atoms with Crippen molar-refractivity contribution >= 4 is 0 Å². The number of alkyl halides is 3. The lowest BCUT2D eigenvalue weighted by atomic mass is 9.69. The number of hydrogen-bond acceptors (Lipinski definition) is 1. The highest BCUT2D eigenvalue weighted by molar-refractivity contribution is 5.31. The number of hydrogen-bond donors (Lipinski definition) is 0. The molecule has 3 fully saturated rings. The van der Waals surface area contributed by atoms with Gasteiger partial charge in [-0.25, -0.2) is 0 Å². The van der Waals surface area contributed by atoms with Gasteiger partial charge in [-0.1, -0.05) is 43.1 Å². The zero-order chi connectivity index (χ0) is 21.6. The first kappa shape index (κ1) is 23.3.